The second kappa shape index (κ2) is 6.60. The Morgan fingerprint density at radius 1 is 1.18 bits per heavy atom. The van der Waals surface area contributed by atoms with Crippen molar-refractivity contribution in [2.24, 2.45) is 0 Å². The van der Waals surface area contributed by atoms with Crippen LogP contribution in [-0.4, -0.2) is 26.9 Å². The quantitative estimate of drug-likeness (QED) is 0.849. The summed E-state index contributed by atoms with van der Waals surface area (Å²) in [5, 5.41) is 8.88. The molecule has 2 rings (SSSR count). The van der Waals surface area contributed by atoms with E-state index in [1.54, 1.807) is 31.4 Å². The van der Waals surface area contributed by atoms with E-state index in [1.165, 1.54) is 23.5 Å². The second-order valence-electron chi connectivity index (χ2n) is 4.75. The van der Waals surface area contributed by atoms with E-state index in [9.17, 15) is 8.42 Å². The maximum atomic E-state index is 12.5. The molecule has 0 atom stereocenters. The average molecular weight is 316 g/mol. The first-order valence-electron chi connectivity index (χ1n) is 6.57. The summed E-state index contributed by atoms with van der Waals surface area (Å²) in [6, 6.07) is 15.1. The minimum atomic E-state index is -3.63. The van der Waals surface area contributed by atoms with Gasteiger partial charge in [-0.3, -0.25) is 0 Å². The fraction of sp³-hybridized carbons (Fsp3) is 0.188. The van der Waals surface area contributed by atoms with E-state index in [0.717, 1.165) is 11.3 Å². The number of nitriles is 1. The molecule has 2 aromatic carbocycles. The third-order valence-electron chi connectivity index (χ3n) is 3.24. The monoisotopic (exact) mass is 316 g/mol. The highest BCUT2D eigenvalue weighted by Crippen LogP contribution is 2.19. The fourth-order valence-electron chi connectivity index (χ4n) is 1.98. The molecule has 0 unspecified atom stereocenters. The van der Waals surface area contributed by atoms with Crippen molar-refractivity contribution in [3.63, 3.8) is 0 Å². The van der Waals surface area contributed by atoms with Crippen LogP contribution in [0.4, 0.5) is 0 Å². The third kappa shape index (κ3) is 3.45. The number of sulfonamides is 1. The molecule has 0 N–H and O–H groups in total. The number of benzene rings is 2. The molecule has 0 aliphatic heterocycles. The van der Waals surface area contributed by atoms with E-state index in [-0.39, 0.29) is 11.4 Å². The van der Waals surface area contributed by atoms with Gasteiger partial charge in [-0.15, -0.1) is 0 Å². The molecular weight excluding hydrogens is 300 g/mol. The van der Waals surface area contributed by atoms with Crippen molar-refractivity contribution in [1.29, 1.82) is 5.26 Å². The summed E-state index contributed by atoms with van der Waals surface area (Å²) in [5.41, 5.74) is 1.17. The summed E-state index contributed by atoms with van der Waals surface area (Å²) in [4.78, 5) is 0.113. The molecule has 114 valence electrons. The number of hydrogen-bond acceptors (Lipinski definition) is 4. The summed E-state index contributed by atoms with van der Waals surface area (Å²) >= 11 is 0. The van der Waals surface area contributed by atoms with Crippen LogP contribution in [0.3, 0.4) is 0 Å². The first-order chi connectivity index (χ1) is 10.5. The van der Waals surface area contributed by atoms with Gasteiger partial charge in [0.2, 0.25) is 10.0 Å². The Kier molecular flexibility index (Phi) is 4.81. The zero-order valence-electron chi connectivity index (χ0n) is 12.4. The van der Waals surface area contributed by atoms with Crippen molar-refractivity contribution >= 4 is 10.0 Å². The summed E-state index contributed by atoms with van der Waals surface area (Å²) in [7, 11) is -0.545. The molecule has 5 nitrogen and oxygen atoms in total. The van der Waals surface area contributed by atoms with Crippen LogP contribution < -0.4 is 4.74 Å². The average Bonchev–Trinajstić information content (AvgIpc) is 2.55. The molecular formula is C16H16N2O3S. The molecule has 0 fully saturated rings. The van der Waals surface area contributed by atoms with Crippen LogP contribution in [0, 0.1) is 11.3 Å². The molecule has 0 spiro atoms. The van der Waals surface area contributed by atoms with Gasteiger partial charge in [0.15, 0.2) is 0 Å². The van der Waals surface area contributed by atoms with Crippen molar-refractivity contribution < 1.29 is 13.2 Å². The minimum absolute atomic E-state index is 0.113. The maximum Gasteiger partial charge on any atom is 0.243 e. The van der Waals surface area contributed by atoms with Crippen molar-refractivity contribution in [3.8, 4) is 11.8 Å². The van der Waals surface area contributed by atoms with Gasteiger partial charge in [-0.05, 0) is 35.9 Å². The normalized spacial score (nSPS) is 11.2. The number of hydrogen-bond donors (Lipinski definition) is 0. The van der Waals surface area contributed by atoms with E-state index in [0.29, 0.717) is 5.56 Å². The van der Waals surface area contributed by atoms with E-state index < -0.39 is 10.0 Å². The molecule has 0 saturated carbocycles. The van der Waals surface area contributed by atoms with Crippen molar-refractivity contribution in [1.82, 2.24) is 4.31 Å². The number of ether oxygens (including phenoxy) is 1. The van der Waals surface area contributed by atoms with Gasteiger partial charge in [0.1, 0.15) is 5.75 Å². The summed E-state index contributed by atoms with van der Waals surface area (Å²) < 4.78 is 31.4. The molecule has 0 radical (unpaired) electrons. The maximum absolute atomic E-state index is 12.5. The third-order valence-corrected chi connectivity index (χ3v) is 5.03. The Morgan fingerprint density at radius 2 is 1.86 bits per heavy atom. The summed E-state index contributed by atoms with van der Waals surface area (Å²) in [6.45, 7) is 0.239. The first-order valence-corrected chi connectivity index (χ1v) is 8.01. The van der Waals surface area contributed by atoms with Crippen LogP contribution in [0.5, 0.6) is 5.75 Å². The van der Waals surface area contributed by atoms with Gasteiger partial charge >= 0.3 is 0 Å². The van der Waals surface area contributed by atoms with Crippen molar-refractivity contribution in [2.45, 2.75) is 11.4 Å². The zero-order chi connectivity index (χ0) is 16.2. The number of rotatable bonds is 5. The van der Waals surface area contributed by atoms with Crippen molar-refractivity contribution in [2.75, 3.05) is 14.2 Å². The fourth-order valence-corrected chi connectivity index (χ4v) is 3.18. The Balaban J connectivity index is 2.22. The van der Waals surface area contributed by atoms with E-state index in [2.05, 4.69) is 0 Å². The molecule has 6 heteroatoms. The molecule has 0 saturated heterocycles. The highest BCUT2D eigenvalue weighted by Gasteiger charge is 2.21. The first kappa shape index (κ1) is 16.0. The van der Waals surface area contributed by atoms with Gasteiger partial charge in [-0.25, -0.2) is 8.42 Å². The second-order valence-corrected chi connectivity index (χ2v) is 6.79. The van der Waals surface area contributed by atoms with E-state index in [1.807, 2.05) is 18.2 Å². The SMILES string of the molecule is COc1ccc(CN(C)S(=O)(=O)c2cccc(C#N)c2)cc1. The molecule has 0 aromatic heterocycles. The molecule has 0 heterocycles. The topological polar surface area (TPSA) is 70.4 Å². The Bertz CT molecular complexity index is 793. The molecule has 0 aliphatic carbocycles. The predicted molar refractivity (Wildman–Crippen MR) is 82.8 cm³/mol. The van der Waals surface area contributed by atoms with Gasteiger partial charge in [0.25, 0.3) is 0 Å². The zero-order valence-corrected chi connectivity index (χ0v) is 13.2. The van der Waals surface area contributed by atoms with Crippen molar-refractivity contribution in [3.05, 3.63) is 59.7 Å². The van der Waals surface area contributed by atoms with Gasteiger partial charge in [-0.2, -0.15) is 9.57 Å². The Morgan fingerprint density at radius 3 is 2.45 bits per heavy atom. The number of methoxy groups -OCH3 is 1. The largest absolute Gasteiger partial charge is 0.497 e. The highest BCUT2D eigenvalue weighted by molar-refractivity contribution is 7.89. The summed E-state index contributed by atoms with van der Waals surface area (Å²) in [5.74, 6) is 0.719. The smallest absolute Gasteiger partial charge is 0.243 e. The van der Waals surface area contributed by atoms with Crippen LogP contribution >= 0.6 is 0 Å². The standard InChI is InChI=1S/C16H16N2O3S/c1-18(12-13-6-8-15(21-2)9-7-13)22(19,20)16-5-3-4-14(10-16)11-17/h3-10H,12H2,1-2H3. The lowest BCUT2D eigenvalue weighted by Gasteiger charge is -2.17. The van der Waals surface area contributed by atoms with E-state index >= 15 is 0 Å². The van der Waals surface area contributed by atoms with E-state index in [4.69, 9.17) is 10.00 Å². The lowest BCUT2D eigenvalue weighted by Crippen LogP contribution is -2.26. The van der Waals surface area contributed by atoms with Gasteiger partial charge in [0, 0.05) is 13.6 Å². The molecule has 2 aromatic rings. The van der Waals surface area contributed by atoms with Crippen LogP contribution in [0.2, 0.25) is 0 Å². The van der Waals surface area contributed by atoms with Gasteiger partial charge < -0.3 is 4.74 Å². The number of nitrogens with zero attached hydrogens (tertiary/aromatic N) is 2. The lowest BCUT2D eigenvalue weighted by atomic mass is 10.2. The van der Waals surface area contributed by atoms with Crippen LogP contribution in [0.15, 0.2) is 53.4 Å². The molecule has 22 heavy (non-hydrogen) atoms. The lowest BCUT2D eigenvalue weighted by molar-refractivity contribution is 0.414. The Labute approximate surface area is 130 Å². The van der Waals surface area contributed by atoms with Crippen LogP contribution in [-0.2, 0) is 16.6 Å². The van der Waals surface area contributed by atoms with Gasteiger partial charge in [0.05, 0.1) is 23.6 Å². The molecule has 0 amide bonds. The minimum Gasteiger partial charge on any atom is -0.497 e. The molecule has 0 aliphatic rings. The molecule has 0 bridgehead atoms. The van der Waals surface area contributed by atoms with Crippen LogP contribution in [0.1, 0.15) is 11.1 Å². The van der Waals surface area contributed by atoms with Gasteiger partial charge in [-0.1, -0.05) is 18.2 Å². The highest BCUT2D eigenvalue weighted by atomic mass is 32.2. The van der Waals surface area contributed by atoms with Crippen LogP contribution in [0.25, 0.3) is 0 Å². The predicted octanol–water partition coefficient (Wildman–Crippen LogP) is 2.39. The Hall–Kier alpha value is -2.36. The summed E-state index contributed by atoms with van der Waals surface area (Å²) in [6.07, 6.45) is 0.